The van der Waals surface area contributed by atoms with Crippen LogP contribution in [0.25, 0.3) is 0 Å². The maximum atomic E-state index is 11.8. The molecule has 0 aliphatic carbocycles. The number of cyclic esters (lactones) is 2. The fourth-order valence-corrected chi connectivity index (χ4v) is 2.22. The number of hydrogen-bond donors (Lipinski definition) is 1. The highest BCUT2D eigenvalue weighted by molar-refractivity contribution is 6.15. The van der Waals surface area contributed by atoms with Gasteiger partial charge >= 0.3 is 17.9 Å². The standard InChI is InChI=1S/C13H17NO6/c1-13(2)19-11(17)9(12(18)20-13)7-14-5-3-8(4-6-14)10(15)16/h7-8H,3-6H2,1-2H3,(H,15,16). The minimum Gasteiger partial charge on any atom is -0.481 e. The van der Waals surface area contributed by atoms with E-state index < -0.39 is 23.7 Å². The number of aliphatic carboxylic acids is 1. The van der Waals surface area contributed by atoms with Gasteiger partial charge in [0.05, 0.1) is 5.92 Å². The lowest BCUT2D eigenvalue weighted by molar-refractivity contribution is -0.222. The van der Waals surface area contributed by atoms with Gasteiger partial charge < -0.3 is 19.5 Å². The summed E-state index contributed by atoms with van der Waals surface area (Å²) in [5, 5.41) is 8.91. The van der Waals surface area contributed by atoms with Crippen molar-refractivity contribution in [2.75, 3.05) is 13.1 Å². The molecule has 0 bridgehead atoms. The normalized spacial score (nSPS) is 23.1. The fourth-order valence-electron chi connectivity index (χ4n) is 2.22. The molecule has 1 N–H and O–H groups in total. The third-order valence-corrected chi connectivity index (χ3v) is 3.31. The Morgan fingerprint density at radius 1 is 1.25 bits per heavy atom. The number of carboxylic acid groups (broad SMARTS) is 1. The summed E-state index contributed by atoms with van der Waals surface area (Å²) >= 11 is 0. The van der Waals surface area contributed by atoms with Crippen molar-refractivity contribution in [3.63, 3.8) is 0 Å². The van der Waals surface area contributed by atoms with E-state index in [4.69, 9.17) is 14.6 Å². The molecule has 0 spiro atoms. The highest BCUT2D eigenvalue weighted by Crippen LogP contribution is 2.24. The van der Waals surface area contributed by atoms with E-state index >= 15 is 0 Å². The van der Waals surface area contributed by atoms with Crippen LogP contribution in [0.15, 0.2) is 11.8 Å². The molecule has 2 fully saturated rings. The van der Waals surface area contributed by atoms with E-state index in [0.29, 0.717) is 25.9 Å². The van der Waals surface area contributed by atoms with Crippen molar-refractivity contribution in [2.24, 2.45) is 5.92 Å². The van der Waals surface area contributed by atoms with E-state index in [1.807, 2.05) is 0 Å². The maximum absolute atomic E-state index is 11.8. The predicted molar refractivity (Wildman–Crippen MR) is 66.3 cm³/mol. The van der Waals surface area contributed by atoms with Gasteiger partial charge in [0.15, 0.2) is 5.57 Å². The van der Waals surface area contributed by atoms with Crippen LogP contribution in [0.2, 0.25) is 0 Å². The van der Waals surface area contributed by atoms with E-state index in [-0.39, 0.29) is 11.5 Å². The molecule has 2 saturated heterocycles. The number of piperidine rings is 1. The Bertz CT molecular complexity index is 451. The van der Waals surface area contributed by atoms with E-state index in [1.165, 1.54) is 20.0 Å². The number of carboxylic acids is 1. The quantitative estimate of drug-likeness (QED) is 0.448. The first-order valence-corrected chi connectivity index (χ1v) is 6.44. The Hall–Kier alpha value is -2.05. The molecule has 0 aromatic rings. The molecule has 110 valence electrons. The van der Waals surface area contributed by atoms with Crippen molar-refractivity contribution in [3.05, 3.63) is 11.8 Å². The summed E-state index contributed by atoms with van der Waals surface area (Å²) in [4.78, 5) is 36.1. The second-order valence-electron chi connectivity index (χ2n) is 5.37. The smallest absolute Gasteiger partial charge is 0.350 e. The molecular formula is C13H17NO6. The van der Waals surface area contributed by atoms with Crippen molar-refractivity contribution in [2.45, 2.75) is 32.5 Å². The Morgan fingerprint density at radius 2 is 1.75 bits per heavy atom. The summed E-state index contributed by atoms with van der Waals surface area (Å²) in [6, 6.07) is 0. The van der Waals surface area contributed by atoms with Crippen LogP contribution in [0, 0.1) is 5.92 Å². The Labute approximate surface area is 116 Å². The van der Waals surface area contributed by atoms with Gasteiger partial charge in [-0.1, -0.05) is 0 Å². The van der Waals surface area contributed by atoms with Crippen molar-refractivity contribution >= 4 is 17.9 Å². The molecule has 7 heteroatoms. The van der Waals surface area contributed by atoms with Gasteiger partial charge in [-0.05, 0) is 12.8 Å². The Balaban J connectivity index is 2.03. The zero-order chi connectivity index (χ0) is 14.9. The second kappa shape index (κ2) is 5.15. The first kappa shape index (κ1) is 14.4. The largest absolute Gasteiger partial charge is 0.481 e. The van der Waals surface area contributed by atoms with Crippen LogP contribution in [0.1, 0.15) is 26.7 Å². The average Bonchev–Trinajstić information content (AvgIpc) is 2.33. The third-order valence-electron chi connectivity index (χ3n) is 3.31. The van der Waals surface area contributed by atoms with Crippen LogP contribution < -0.4 is 0 Å². The van der Waals surface area contributed by atoms with Crippen LogP contribution >= 0.6 is 0 Å². The number of esters is 2. The molecule has 0 unspecified atom stereocenters. The lowest BCUT2D eigenvalue weighted by Crippen LogP contribution is -2.43. The molecule has 2 heterocycles. The van der Waals surface area contributed by atoms with Crippen molar-refractivity contribution in [1.82, 2.24) is 4.90 Å². The molecule has 2 aliphatic heterocycles. The molecule has 2 rings (SSSR count). The summed E-state index contributed by atoms with van der Waals surface area (Å²) < 4.78 is 9.97. The van der Waals surface area contributed by atoms with Gasteiger partial charge in [-0.3, -0.25) is 4.79 Å². The summed E-state index contributed by atoms with van der Waals surface area (Å²) in [7, 11) is 0. The molecule has 20 heavy (non-hydrogen) atoms. The summed E-state index contributed by atoms with van der Waals surface area (Å²) in [6.45, 7) is 3.92. The van der Waals surface area contributed by atoms with Crippen LogP contribution in [0.3, 0.4) is 0 Å². The molecular weight excluding hydrogens is 266 g/mol. The van der Waals surface area contributed by atoms with Crippen LogP contribution in [0.4, 0.5) is 0 Å². The Kier molecular flexibility index (Phi) is 3.69. The summed E-state index contributed by atoms with van der Waals surface area (Å²) in [5.74, 6) is -3.86. The van der Waals surface area contributed by atoms with Gasteiger partial charge in [0.2, 0.25) is 0 Å². The molecule has 2 aliphatic rings. The number of nitrogens with zero attached hydrogens (tertiary/aromatic N) is 1. The number of rotatable bonds is 2. The van der Waals surface area contributed by atoms with Gasteiger partial charge in [-0.15, -0.1) is 0 Å². The monoisotopic (exact) mass is 283 g/mol. The molecule has 0 aromatic carbocycles. The number of carbonyl (C=O) groups excluding carboxylic acids is 2. The van der Waals surface area contributed by atoms with E-state index in [0.717, 1.165) is 0 Å². The SMILES string of the molecule is CC1(C)OC(=O)C(=CN2CCC(C(=O)O)CC2)C(=O)O1. The van der Waals surface area contributed by atoms with Crippen molar-refractivity contribution in [1.29, 1.82) is 0 Å². The zero-order valence-corrected chi connectivity index (χ0v) is 11.4. The average molecular weight is 283 g/mol. The second-order valence-corrected chi connectivity index (χ2v) is 5.37. The molecule has 0 atom stereocenters. The van der Waals surface area contributed by atoms with Gasteiger partial charge in [0, 0.05) is 33.1 Å². The van der Waals surface area contributed by atoms with Crippen molar-refractivity contribution < 1.29 is 29.0 Å². The van der Waals surface area contributed by atoms with Gasteiger partial charge in [0.25, 0.3) is 5.79 Å². The molecule has 0 aromatic heterocycles. The van der Waals surface area contributed by atoms with Crippen LogP contribution in [0.5, 0.6) is 0 Å². The topological polar surface area (TPSA) is 93.1 Å². The fraction of sp³-hybridized carbons (Fsp3) is 0.615. The highest BCUT2D eigenvalue weighted by Gasteiger charge is 2.39. The zero-order valence-electron chi connectivity index (χ0n) is 11.4. The van der Waals surface area contributed by atoms with Crippen LogP contribution in [-0.2, 0) is 23.9 Å². The Morgan fingerprint density at radius 3 is 2.20 bits per heavy atom. The highest BCUT2D eigenvalue weighted by atomic mass is 16.7. The first-order valence-electron chi connectivity index (χ1n) is 6.44. The van der Waals surface area contributed by atoms with E-state index in [9.17, 15) is 14.4 Å². The predicted octanol–water partition coefficient (Wildman–Crippen LogP) is 0.503. The summed E-state index contributed by atoms with van der Waals surface area (Å²) in [5.41, 5.74) is -0.155. The summed E-state index contributed by atoms with van der Waals surface area (Å²) in [6.07, 6.45) is 2.36. The molecule has 0 radical (unpaired) electrons. The number of hydrogen-bond acceptors (Lipinski definition) is 6. The van der Waals surface area contributed by atoms with E-state index in [2.05, 4.69) is 0 Å². The minimum absolute atomic E-state index is 0.155. The van der Waals surface area contributed by atoms with Gasteiger partial charge in [0.1, 0.15) is 0 Å². The molecule has 7 nitrogen and oxygen atoms in total. The number of carbonyl (C=O) groups is 3. The minimum atomic E-state index is -1.25. The number of ether oxygens (including phenoxy) is 2. The third kappa shape index (κ3) is 3.09. The lowest BCUT2D eigenvalue weighted by Gasteiger charge is -2.32. The van der Waals surface area contributed by atoms with Gasteiger partial charge in [-0.2, -0.15) is 0 Å². The van der Waals surface area contributed by atoms with E-state index in [1.54, 1.807) is 4.90 Å². The molecule has 0 saturated carbocycles. The molecule has 0 amide bonds. The van der Waals surface area contributed by atoms with Crippen molar-refractivity contribution in [3.8, 4) is 0 Å². The number of likely N-dealkylation sites (tertiary alicyclic amines) is 1. The maximum Gasteiger partial charge on any atom is 0.350 e. The van der Waals surface area contributed by atoms with Gasteiger partial charge in [-0.25, -0.2) is 9.59 Å². The lowest BCUT2D eigenvalue weighted by atomic mass is 9.97. The van der Waals surface area contributed by atoms with Crippen LogP contribution in [-0.4, -0.2) is 46.8 Å². The first-order chi connectivity index (χ1) is 9.28.